The third-order valence-corrected chi connectivity index (χ3v) is 6.49. The molecule has 1 amide bonds. The van der Waals surface area contributed by atoms with E-state index in [4.69, 9.17) is 19.3 Å². The molecule has 8 nitrogen and oxygen atoms in total. The molecule has 5 rings (SSSR count). The van der Waals surface area contributed by atoms with Crippen LogP contribution in [0.15, 0.2) is 120 Å². The molecule has 0 bridgehead atoms. The van der Waals surface area contributed by atoms with E-state index < -0.39 is 0 Å². The van der Waals surface area contributed by atoms with Crippen LogP contribution in [0.4, 0.5) is 0 Å². The molecule has 0 aliphatic rings. The molecule has 0 unspecified atom stereocenters. The van der Waals surface area contributed by atoms with Gasteiger partial charge in [0, 0.05) is 17.3 Å². The van der Waals surface area contributed by atoms with Crippen molar-refractivity contribution in [1.82, 2.24) is 15.2 Å². The molecule has 8 heteroatoms. The number of benzene rings is 4. The molecule has 0 fully saturated rings. The zero-order valence-electron chi connectivity index (χ0n) is 24.1. The predicted octanol–water partition coefficient (Wildman–Crippen LogP) is 6.83. The monoisotopic (exact) mass is 574 g/mol. The molecule has 1 N–H and O–H groups in total. The van der Waals surface area contributed by atoms with E-state index in [-0.39, 0.29) is 12.5 Å². The SMILES string of the molecule is CCCCOc1ccc(OCC(=O)NN=Cc2cn(-c3ccccc3)nc2-c2ccc(OCc3ccccc3)cc2)cc1. The van der Waals surface area contributed by atoms with Crippen molar-refractivity contribution in [3.05, 3.63) is 127 Å². The number of hydrazone groups is 1. The lowest BCUT2D eigenvalue weighted by Crippen LogP contribution is -2.24. The molecule has 218 valence electrons. The minimum atomic E-state index is -0.378. The van der Waals surface area contributed by atoms with Crippen molar-refractivity contribution in [2.24, 2.45) is 5.10 Å². The summed E-state index contributed by atoms with van der Waals surface area (Å²) >= 11 is 0. The highest BCUT2D eigenvalue weighted by Gasteiger charge is 2.12. The van der Waals surface area contributed by atoms with Crippen LogP contribution in [0, 0.1) is 0 Å². The van der Waals surface area contributed by atoms with Gasteiger partial charge in [0.1, 0.15) is 29.5 Å². The largest absolute Gasteiger partial charge is 0.494 e. The Labute approximate surface area is 251 Å². The molecule has 1 aromatic heterocycles. The fraction of sp³-hybridized carbons (Fsp3) is 0.171. The summed E-state index contributed by atoms with van der Waals surface area (Å²) in [5, 5.41) is 9.00. The van der Waals surface area contributed by atoms with E-state index >= 15 is 0 Å². The van der Waals surface area contributed by atoms with E-state index in [1.165, 1.54) is 0 Å². The second kappa shape index (κ2) is 15.0. The summed E-state index contributed by atoms with van der Waals surface area (Å²) in [7, 11) is 0. The first-order chi connectivity index (χ1) is 21.2. The summed E-state index contributed by atoms with van der Waals surface area (Å²) < 4.78 is 19.0. The Kier molecular flexibility index (Phi) is 10.2. The molecule has 0 saturated heterocycles. The third-order valence-electron chi connectivity index (χ3n) is 6.49. The summed E-state index contributed by atoms with van der Waals surface area (Å²) in [6, 6.07) is 34.8. The van der Waals surface area contributed by atoms with Gasteiger partial charge in [0.25, 0.3) is 5.91 Å². The van der Waals surface area contributed by atoms with Crippen LogP contribution in [0.1, 0.15) is 30.9 Å². The summed E-state index contributed by atoms with van der Waals surface area (Å²) in [6.07, 6.45) is 5.54. The Morgan fingerprint density at radius 2 is 1.44 bits per heavy atom. The molecule has 0 spiro atoms. The van der Waals surface area contributed by atoms with Gasteiger partial charge in [-0.25, -0.2) is 10.1 Å². The normalized spacial score (nSPS) is 10.9. The van der Waals surface area contributed by atoms with Crippen molar-refractivity contribution in [1.29, 1.82) is 0 Å². The Balaban J connectivity index is 1.22. The van der Waals surface area contributed by atoms with Gasteiger partial charge in [-0.3, -0.25) is 4.79 Å². The van der Waals surface area contributed by atoms with Crippen molar-refractivity contribution >= 4 is 12.1 Å². The van der Waals surface area contributed by atoms with Crippen LogP contribution in [0.5, 0.6) is 17.2 Å². The van der Waals surface area contributed by atoms with Gasteiger partial charge in [0.05, 0.1) is 18.5 Å². The molecule has 4 aromatic carbocycles. The quantitative estimate of drug-likeness (QED) is 0.0893. The Morgan fingerprint density at radius 1 is 0.814 bits per heavy atom. The van der Waals surface area contributed by atoms with Gasteiger partial charge in [-0.1, -0.05) is 61.9 Å². The standard InChI is InChI=1S/C35H34N4O4/c1-2-3-22-41-31-18-20-33(21-19-31)43-26-34(40)37-36-23-29-24-39(30-12-8-5-9-13-30)38-35(29)28-14-16-32(17-15-28)42-25-27-10-6-4-7-11-27/h4-21,23-24H,2-3,22,25-26H2,1H3,(H,37,40). The molecular weight excluding hydrogens is 540 g/mol. The Hall–Kier alpha value is -5.37. The van der Waals surface area contributed by atoms with Crippen LogP contribution in [-0.2, 0) is 11.4 Å². The maximum absolute atomic E-state index is 12.4. The van der Waals surface area contributed by atoms with E-state index in [0.717, 1.165) is 46.7 Å². The molecule has 0 aliphatic heterocycles. The summed E-state index contributed by atoms with van der Waals surface area (Å²) in [5.41, 5.74) is 6.89. The highest BCUT2D eigenvalue weighted by Crippen LogP contribution is 2.25. The number of para-hydroxylation sites is 1. The zero-order valence-corrected chi connectivity index (χ0v) is 24.1. The highest BCUT2D eigenvalue weighted by atomic mass is 16.5. The van der Waals surface area contributed by atoms with Gasteiger partial charge >= 0.3 is 0 Å². The fourth-order valence-electron chi connectivity index (χ4n) is 4.19. The summed E-state index contributed by atoms with van der Waals surface area (Å²) in [4.78, 5) is 12.4. The highest BCUT2D eigenvalue weighted by molar-refractivity contribution is 5.89. The van der Waals surface area contributed by atoms with Crippen LogP contribution >= 0.6 is 0 Å². The van der Waals surface area contributed by atoms with Gasteiger partial charge in [-0.2, -0.15) is 10.2 Å². The molecular formula is C35H34N4O4. The first kappa shape index (κ1) is 29.1. The fourth-order valence-corrected chi connectivity index (χ4v) is 4.19. The van der Waals surface area contributed by atoms with Crippen LogP contribution in [0.2, 0.25) is 0 Å². The lowest BCUT2D eigenvalue weighted by molar-refractivity contribution is -0.123. The van der Waals surface area contributed by atoms with E-state index in [0.29, 0.717) is 24.7 Å². The van der Waals surface area contributed by atoms with Gasteiger partial charge in [-0.05, 0) is 72.6 Å². The topological polar surface area (TPSA) is 87.0 Å². The molecule has 43 heavy (non-hydrogen) atoms. The third kappa shape index (κ3) is 8.56. The van der Waals surface area contributed by atoms with Crippen LogP contribution in [0.3, 0.4) is 0 Å². The zero-order chi connectivity index (χ0) is 29.7. The van der Waals surface area contributed by atoms with Crippen LogP contribution in [-0.4, -0.2) is 35.1 Å². The number of amides is 1. The maximum Gasteiger partial charge on any atom is 0.277 e. The molecule has 0 saturated carbocycles. The number of carbonyl (C=O) groups is 1. The van der Waals surface area contributed by atoms with Crippen molar-refractivity contribution in [3.63, 3.8) is 0 Å². The van der Waals surface area contributed by atoms with Gasteiger partial charge in [0.2, 0.25) is 0 Å². The minimum Gasteiger partial charge on any atom is -0.494 e. The van der Waals surface area contributed by atoms with Crippen molar-refractivity contribution in [2.75, 3.05) is 13.2 Å². The average Bonchev–Trinajstić information content (AvgIpc) is 3.49. The first-order valence-electron chi connectivity index (χ1n) is 14.3. The molecule has 0 radical (unpaired) electrons. The first-order valence-corrected chi connectivity index (χ1v) is 14.3. The van der Waals surface area contributed by atoms with Gasteiger partial charge in [0.15, 0.2) is 6.61 Å². The number of ether oxygens (including phenoxy) is 3. The molecule has 0 atom stereocenters. The van der Waals surface area contributed by atoms with E-state index in [1.54, 1.807) is 23.0 Å². The molecule has 0 aliphatic carbocycles. The van der Waals surface area contributed by atoms with Gasteiger partial charge < -0.3 is 14.2 Å². The summed E-state index contributed by atoms with van der Waals surface area (Å²) in [5.74, 6) is 1.73. The number of unbranched alkanes of at least 4 members (excludes halogenated alkanes) is 1. The lowest BCUT2D eigenvalue weighted by Gasteiger charge is -2.08. The van der Waals surface area contributed by atoms with Crippen LogP contribution < -0.4 is 19.6 Å². The maximum atomic E-state index is 12.4. The number of hydrogen-bond acceptors (Lipinski definition) is 6. The second-order valence-corrected chi connectivity index (χ2v) is 9.77. The van der Waals surface area contributed by atoms with Crippen molar-refractivity contribution in [2.45, 2.75) is 26.4 Å². The van der Waals surface area contributed by atoms with E-state index in [2.05, 4.69) is 17.5 Å². The van der Waals surface area contributed by atoms with Crippen LogP contribution in [0.25, 0.3) is 16.9 Å². The number of aromatic nitrogens is 2. The van der Waals surface area contributed by atoms with Crippen molar-refractivity contribution < 1.29 is 19.0 Å². The predicted molar refractivity (Wildman–Crippen MR) is 168 cm³/mol. The second-order valence-electron chi connectivity index (χ2n) is 9.77. The summed E-state index contributed by atoms with van der Waals surface area (Å²) in [6.45, 7) is 3.11. The lowest BCUT2D eigenvalue weighted by atomic mass is 10.1. The number of nitrogens with zero attached hydrogens (tertiary/aromatic N) is 3. The smallest absolute Gasteiger partial charge is 0.277 e. The molecule has 1 heterocycles. The average molecular weight is 575 g/mol. The molecule has 5 aromatic rings. The minimum absolute atomic E-state index is 0.173. The van der Waals surface area contributed by atoms with E-state index in [9.17, 15) is 4.79 Å². The number of carbonyl (C=O) groups excluding carboxylic acids is 1. The van der Waals surface area contributed by atoms with Crippen molar-refractivity contribution in [3.8, 4) is 34.2 Å². The number of hydrogen-bond donors (Lipinski definition) is 1. The van der Waals surface area contributed by atoms with Gasteiger partial charge in [-0.15, -0.1) is 0 Å². The number of rotatable bonds is 14. The number of nitrogens with one attached hydrogen (secondary N) is 1. The Morgan fingerprint density at radius 3 is 2.14 bits per heavy atom. The Bertz CT molecular complexity index is 1600. The van der Waals surface area contributed by atoms with E-state index in [1.807, 2.05) is 103 Å².